The molecule has 4 aliphatic heterocycles. The number of halogens is 6. The van der Waals surface area contributed by atoms with Gasteiger partial charge in [-0.1, -0.05) is 30.3 Å². The van der Waals surface area contributed by atoms with E-state index in [1.54, 1.807) is 41.0 Å². The van der Waals surface area contributed by atoms with Crippen LogP contribution in [0, 0.1) is 34.5 Å². The summed E-state index contributed by atoms with van der Waals surface area (Å²) in [7, 11) is 3.71. The standard InChI is InChI=1S/C93H102F6N16O11/c1-109(47-52-12-17-61(18-13-52)112-50-58-39-69(74(125-2)41-67(58)107-112)103-83(118)65-7-4-10-76(101-65)92(94,95)96)60-28-31-90(32-29-60)45-55(46-90)38-56-6-3-9-71-82(56)111(89(124)114(71)72-24-26-78(116)105-85(72)120)49-57-16-23-64-80(88(123)115(87(64)122)73-25-27-79(117)106-86(73)121)81(57)100-35-30-54-43-91(44-54)33-36-110(37-34-91)48-53-14-19-62(20-15-53)113-51-59-40-70(75(42-68(59)108-113)126-63-21-22-63)104-84(119)66-8-5-11-77(102-66)93(97,98)99/h3-11,16,23,39-42,50-55,60-63,72-73,100H,12-15,17-22,24-38,43-49H2,1-2H3,(H,103,118)(H,104,119)(H,105,116,120)(H,106,117,121)/t52-,53-,55-,60-,61-,62-,72?,73?,90?. The summed E-state index contributed by atoms with van der Waals surface area (Å²) in [5, 5.41) is 25.3. The van der Waals surface area contributed by atoms with Crippen molar-refractivity contribution in [3.63, 3.8) is 0 Å². The minimum absolute atomic E-state index is 0.0212. The number of hydrogen-bond acceptors (Lipinski definition) is 18. The fraction of sp³-hybridized carbons (Fsp3) is 0.516. The first kappa shape index (κ1) is 84.2. The highest BCUT2D eigenvalue weighted by Gasteiger charge is 2.51. The number of imidazole rings is 1. The van der Waals surface area contributed by atoms with E-state index < -0.39 is 88.8 Å². The molecule has 33 heteroatoms. The van der Waals surface area contributed by atoms with Crippen molar-refractivity contribution >= 4 is 97.2 Å². The molecule has 27 nitrogen and oxygen atoms in total. The van der Waals surface area contributed by atoms with Gasteiger partial charge in [0.2, 0.25) is 23.6 Å². The van der Waals surface area contributed by atoms with Gasteiger partial charge in [0.05, 0.1) is 82.1 Å². The largest absolute Gasteiger partial charge is 0.494 e. The van der Waals surface area contributed by atoms with Crippen LogP contribution in [0.3, 0.4) is 0 Å². The maximum atomic E-state index is 15.6. The summed E-state index contributed by atoms with van der Waals surface area (Å²) in [5.41, 5.74) is 2.16. The number of likely N-dealkylation sites (tertiary alicyclic amines) is 1. The van der Waals surface area contributed by atoms with Gasteiger partial charge >= 0.3 is 18.0 Å². The molecule has 8 amide bonds. The first-order chi connectivity index (χ1) is 60.5. The molecule has 10 aliphatic rings. The first-order valence-electron chi connectivity index (χ1n) is 44.6. The number of rotatable bonds is 24. The lowest BCUT2D eigenvalue weighted by atomic mass is 9.54. The molecular formula is C93H102F6N16O11. The number of amides is 8. The number of hydrogen-bond donors (Lipinski definition) is 5. The molecule has 2 unspecified atom stereocenters. The van der Waals surface area contributed by atoms with Gasteiger partial charge in [-0.2, -0.15) is 36.5 Å². The van der Waals surface area contributed by atoms with Crippen molar-refractivity contribution in [2.24, 2.45) is 34.5 Å². The lowest BCUT2D eigenvalue weighted by molar-refractivity contribution is -0.142. The predicted octanol–water partition coefficient (Wildman–Crippen LogP) is 14.8. The molecular weight excluding hydrogens is 1630 g/mol. The summed E-state index contributed by atoms with van der Waals surface area (Å²) in [6, 6.07) is 21.2. The Balaban J connectivity index is 0.484. The molecule has 6 saturated carbocycles. The minimum Gasteiger partial charge on any atom is -0.494 e. The minimum atomic E-state index is -4.71. The zero-order valence-electron chi connectivity index (χ0n) is 70.4. The normalized spacial score (nSPS) is 24.9. The van der Waals surface area contributed by atoms with Crippen LogP contribution in [-0.2, 0) is 44.5 Å². The van der Waals surface area contributed by atoms with E-state index in [9.17, 15) is 59.9 Å². The van der Waals surface area contributed by atoms with Crippen molar-refractivity contribution in [2.45, 2.75) is 222 Å². The fourth-order valence-corrected chi connectivity index (χ4v) is 22.4. The third-order valence-corrected chi connectivity index (χ3v) is 29.2. The number of benzene rings is 4. The maximum Gasteiger partial charge on any atom is 0.433 e. The van der Waals surface area contributed by atoms with E-state index in [1.807, 2.05) is 33.9 Å². The number of carbonyl (C=O) groups excluding carboxylic acids is 8. The topological polar surface area (TPSA) is 313 Å². The SMILES string of the molecule is COc1cc2nn([C@H]3CC[C@H](CN(C)[C@H]4CCC5(CC4)C[C@@H](Cc4cccc6c4n(Cc4ccc7c(c4NCCC4CC8(CCN(C[C@H]9CC[C@H](n%10cc%11cc(NC(=O)c%12cccc(C(F)(F)F)n%12)c(OC%12CC%12)cc%11n%10)CC9)CC8)C4)C(=O)N(C4CCC(=O)NC4=O)C7=O)c(=O)n6C4CCC(=O)NC4=O)C5)CC3)cc2cc1NC(=O)c1cccc(C(F)(F)F)n1. The van der Waals surface area contributed by atoms with Crippen LogP contribution in [0.25, 0.3) is 32.8 Å². The average molecular weight is 1730 g/mol. The summed E-state index contributed by atoms with van der Waals surface area (Å²) < 4.78 is 99.8. The third kappa shape index (κ3) is 16.9. The second-order valence-electron chi connectivity index (χ2n) is 37.5. The number of ether oxygens (including phenoxy) is 2. The summed E-state index contributed by atoms with van der Waals surface area (Å²) >= 11 is 0. The number of nitrogens with zero attached hydrogens (tertiary/aromatic N) is 11. The quantitative estimate of drug-likeness (QED) is 0.0277. The maximum absolute atomic E-state index is 15.6. The smallest absolute Gasteiger partial charge is 0.433 e. The van der Waals surface area contributed by atoms with Gasteiger partial charge in [-0.25, -0.2) is 14.8 Å². The number of alkyl halides is 6. The van der Waals surface area contributed by atoms with Crippen LogP contribution in [0.1, 0.15) is 243 Å². The molecule has 0 bridgehead atoms. The third-order valence-electron chi connectivity index (χ3n) is 29.2. The van der Waals surface area contributed by atoms with Gasteiger partial charge < -0.3 is 35.2 Å². The molecule has 2 spiro atoms. The summed E-state index contributed by atoms with van der Waals surface area (Å²) in [5.74, 6) is -2.66. The highest BCUT2D eigenvalue weighted by Crippen LogP contribution is 2.58. The zero-order chi connectivity index (χ0) is 87.4. The van der Waals surface area contributed by atoms with Crippen LogP contribution in [0.2, 0.25) is 0 Å². The lowest BCUT2D eigenvalue weighted by Gasteiger charge is -2.53. The van der Waals surface area contributed by atoms with Crippen LogP contribution >= 0.6 is 0 Å². The second kappa shape index (κ2) is 33.4. The molecule has 6 aliphatic carbocycles. The Morgan fingerprint density at radius 2 is 1.14 bits per heavy atom. The highest BCUT2D eigenvalue weighted by molar-refractivity contribution is 6.26. The second-order valence-corrected chi connectivity index (χ2v) is 37.5. The Bertz CT molecular complexity index is 5880. The van der Waals surface area contributed by atoms with Crippen molar-refractivity contribution in [1.82, 2.24) is 64.0 Å². The first-order valence-corrected chi connectivity index (χ1v) is 44.6. The Kier molecular flexibility index (Phi) is 22.3. The monoisotopic (exact) mass is 1730 g/mol. The number of fused-ring (bicyclic) bond motifs is 4. The van der Waals surface area contributed by atoms with Gasteiger partial charge in [-0.15, -0.1) is 0 Å². The van der Waals surface area contributed by atoms with Gasteiger partial charge in [0.25, 0.3) is 23.6 Å². The molecule has 19 rings (SSSR count). The number of methoxy groups -OCH3 is 1. The van der Waals surface area contributed by atoms with Crippen molar-refractivity contribution in [3.8, 4) is 11.5 Å². The van der Waals surface area contributed by atoms with Crippen LogP contribution in [0.4, 0.5) is 43.4 Å². The number of imide groups is 3. The van der Waals surface area contributed by atoms with E-state index in [1.165, 1.54) is 23.8 Å². The molecule has 3 saturated heterocycles. The molecule has 5 N–H and O–H groups in total. The van der Waals surface area contributed by atoms with Crippen molar-refractivity contribution in [3.05, 3.63) is 159 Å². The van der Waals surface area contributed by atoms with E-state index in [-0.39, 0.29) is 89.4 Å². The van der Waals surface area contributed by atoms with Gasteiger partial charge in [0.15, 0.2) is 0 Å². The highest BCUT2D eigenvalue weighted by atomic mass is 19.4. The summed E-state index contributed by atoms with van der Waals surface area (Å²) in [4.78, 5) is 137. The zero-order valence-corrected chi connectivity index (χ0v) is 70.4. The fourth-order valence-electron chi connectivity index (χ4n) is 22.4. The molecule has 126 heavy (non-hydrogen) atoms. The van der Waals surface area contributed by atoms with Crippen molar-refractivity contribution in [1.29, 1.82) is 0 Å². The molecule has 9 aromatic rings. The molecule has 4 aromatic carbocycles. The Morgan fingerprint density at radius 3 is 1.72 bits per heavy atom. The number of carbonyl (C=O) groups is 8. The van der Waals surface area contributed by atoms with Gasteiger partial charge in [-0.3, -0.25) is 72.4 Å². The van der Waals surface area contributed by atoms with Crippen LogP contribution < -0.4 is 41.7 Å². The van der Waals surface area contributed by atoms with E-state index in [4.69, 9.17) is 19.7 Å². The number of para-hydroxylation sites is 1. The predicted molar refractivity (Wildman–Crippen MR) is 454 cm³/mol. The number of pyridine rings is 2. The Hall–Kier alpha value is -11.4. The van der Waals surface area contributed by atoms with Crippen LogP contribution in [0.15, 0.2) is 108 Å². The molecule has 9 fully saturated rings. The lowest BCUT2D eigenvalue weighted by Crippen LogP contribution is -2.54. The summed E-state index contributed by atoms with van der Waals surface area (Å²) in [6.07, 6.45) is 16.3. The van der Waals surface area contributed by atoms with Gasteiger partial charge in [0, 0.05) is 73.8 Å². The number of piperidine rings is 3. The van der Waals surface area contributed by atoms with E-state index in [2.05, 4.69) is 59.5 Å². The molecule has 662 valence electrons. The number of aromatic nitrogens is 8. The van der Waals surface area contributed by atoms with Crippen LogP contribution in [-0.4, -0.2) is 166 Å². The van der Waals surface area contributed by atoms with E-state index >= 15 is 9.59 Å². The molecule has 0 radical (unpaired) electrons. The van der Waals surface area contributed by atoms with Crippen molar-refractivity contribution < 1.29 is 74.2 Å². The van der Waals surface area contributed by atoms with Gasteiger partial charge in [-0.05, 0) is 268 Å². The van der Waals surface area contributed by atoms with Crippen LogP contribution in [0.5, 0.6) is 11.5 Å². The average Bonchev–Trinajstić information content (AvgIpc) is 1.57. The van der Waals surface area contributed by atoms with E-state index in [0.717, 1.165) is 207 Å². The van der Waals surface area contributed by atoms with E-state index in [0.29, 0.717) is 93.2 Å². The molecule has 5 aromatic heterocycles. The Labute approximate surface area is 721 Å². The number of nitrogens with one attached hydrogen (secondary N) is 5. The molecule has 2 atom stereocenters. The summed E-state index contributed by atoms with van der Waals surface area (Å²) in [6.45, 7) is 4.40. The molecule has 9 heterocycles. The van der Waals surface area contributed by atoms with Crippen molar-refractivity contribution in [2.75, 3.05) is 62.8 Å². The Morgan fingerprint density at radius 1 is 0.587 bits per heavy atom. The van der Waals surface area contributed by atoms with Gasteiger partial charge in [0.1, 0.15) is 46.4 Å². The number of anilines is 3.